The Balaban J connectivity index is 2.31. The van der Waals surface area contributed by atoms with Gasteiger partial charge in [0, 0.05) is 12.0 Å². The Kier molecular flexibility index (Phi) is 4.53. The lowest BCUT2D eigenvalue weighted by Gasteiger charge is -2.10. The molecule has 2 aromatic rings. The first kappa shape index (κ1) is 14.7. The standard InChI is InChI=1S/C15H13Cl2NO2/c1-20-13-7-3-5-10(15(13)18)12(19)8-9-4-2-6-11(16)14(9)17/h2-7H,8,18H2,1H3. The molecule has 20 heavy (non-hydrogen) atoms. The Morgan fingerprint density at radius 3 is 2.60 bits per heavy atom. The number of ether oxygens (including phenoxy) is 1. The van der Waals surface area contributed by atoms with Crippen LogP contribution in [0.3, 0.4) is 0 Å². The molecule has 0 aliphatic heterocycles. The molecule has 0 aromatic heterocycles. The molecule has 0 aliphatic rings. The van der Waals surface area contributed by atoms with Crippen molar-refractivity contribution in [3.8, 4) is 5.75 Å². The van der Waals surface area contributed by atoms with Gasteiger partial charge in [-0.2, -0.15) is 0 Å². The van der Waals surface area contributed by atoms with Crippen molar-refractivity contribution in [2.75, 3.05) is 12.8 Å². The minimum Gasteiger partial charge on any atom is -0.495 e. The molecule has 104 valence electrons. The number of benzene rings is 2. The van der Waals surface area contributed by atoms with Crippen molar-refractivity contribution >= 4 is 34.7 Å². The maximum Gasteiger partial charge on any atom is 0.169 e. The van der Waals surface area contributed by atoms with Crippen molar-refractivity contribution in [2.45, 2.75) is 6.42 Å². The van der Waals surface area contributed by atoms with Crippen molar-refractivity contribution in [3.05, 3.63) is 57.6 Å². The monoisotopic (exact) mass is 309 g/mol. The Morgan fingerprint density at radius 2 is 1.90 bits per heavy atom. The third kappa shape index (κ3) is 2.89. The van der Waals surface area contributed by atoms with Gasteiger partial charge in [0.05, 0.1) is 22.8 Å². The molecule has 0 saturated carbocycles. The quantitative estimate of drug-likeness (QED) is 0.686. The zero-order valence-electron chi connectivity index (χ0n) is 10.8. The number of hydrogen-bond acceptors (Lipinski definition) is 3. The molecule has 2 aromatic carbocycles. The summed E-state index contributed by atoms with van der Waals surface area (Å²) in [5, 5.41) is 0.819. The predicted molar refractivity (Wildman–Crippen MR) is 81.9 cm³/mol. The van der Waals surface area contributed by atoms with E-state index in [1.54, 1.807) is 36.4 Å². The Hall–Kier alpha value is -1.71. The number of rotatable bonds is 4. The summed E-state index contributed by atoms with van der Waals surface area (Å²) in [6.45, 7) is 0. The highest BCUT2D eigenvalue weighted by Gasteiger charge is 2.15. The molecule has 0 aliphatic carbocycles. The molecule has 5 heteroatoms. The largest absolute Gasteiger partial charge is 0.495 e. The first-order valence-electron chi connectivity index (χ1n) is 5.93. The molecular formula is C15H13Cl2NO2. The average Bonchev–Trinajstić information content (AvgIpc) is 2.44. The maximum absolute atomic E-state index is 12.3. The number of anilines is 1. The van der Waals surface area contributed by atoms with Crippen molar-refractivity contribution in [1.82, 2.24) is 0 Å². The number of nitrogens with two attached hydrogens (primary N) is 1. The van der Waals surface area contributed by atoms with E-state index in [1.165, 1.54) is 7.11 Å². The predicted octanol–water partition coefficient (Wildman–Crippen LogP) is 4.01. The fraction of sp³-hybridized carbons (Fsp3) is 0.133. The molecule has 2 rings (SSSR count). The van der Waals surface area contributed by atoms with Gasteiger partial charge in [0.2, 0.25) is 0 Å². The van der Waals surface area contributed by atoms with Crippen LogP contribution in [0.15, 0.2) is 36.4 Å². The molecule has 3 nitrogen and oxygen atoms in total. The minimum absolute atomic E-state index is 0.134. The molecule has 2 N–H and O–H groups in total. The van der Waals surface area contributed by atoms with Gasteiger partial charge in [-0.05, 0) is 23.8 Å². The molecular weight excluding hydrogens is 297 g/mol. The lowest BCUT2D eigenvalue weighted by Crippen LogP contribution is -2.08. The SMILES string of the molecule is COc1cccc(C(=O)Cc2cccc(Cl)c2Cl)c1N. The van der Waals surface area contributed by atoms with E-state index in [2.05, 4.69) is 0 Å². The molecule has 0 unspecified atom stereocenters. The van der Waals surface area contributed by atoms with Gasteiger partial charge in [-0.25, -0.2) is 0 Å². The van der Waals surface area contributed by atoms with Gasteiger partial charge in [-0.3, -0.25) is 4.79 Å². The van der Waals surface area contributed by atoms with Crippen LogP contribution in [0.25, 0.3) is 0 Å². The van der Waals surface area contributed by atoms with E-state index < -0.39 is 0 Å². The van der Waals surface area contributed by atoms with E-state index >= 15 is 0 Å². The Morgan fingerprint density at radius 1 is 1.20 bits per heavy atom. The van der Waals surface area contributed by atoms with Crippen LogP contribution < -0.4 is 10.5 Å². The second-order valence-electron chi connectivity index (χ2n) is 4.23. The highest BCUT2D eigenvalue weighted by molar-refractivity contribution is 6.42. The van der Waals surface area contributed by atoms with Crippen molar-refractivity contribution < 1.29 is 9.53 Å². The van der Waals surface area contributed by atoms with Gasteiger partial charge in [-0.15, -0.1) is 0 Å². The first-order valence-corrected chi connectivity index (χ1v) is 6.68. The topological polar surface area (TPSA) is 52.3 Å². The van der Waals surface area contributed by atoms with Crippen molar-refractivity contribution in [1.29, 1.82) is 0 Å². The van der Waals surface area contributed by atoms with E-state index in [-0.39, 0.29) is 12.2 Å². The third-order valence-corrected chi connectivity index (χ3v) is 3.83. The highest BCUT2D eigenvalue weighted by Crippen LogP contribution is 2.29. The summed E-state index contributed by atoms with van der Waals surface area (Å²) >= 11 is 12.0. The number of carbonyl (C=O) groups is 1. The summed E-state index contributed by atoms with van der Waals surface area (Å²) in [7, 11) is 1.51. The van der Waals surface area contributed by atoms with E-state index in [9.17, 15) is 4.79 Å². The zero-order valence-corrected chi connectivity index (χ0v) is 12.3. The Bertz CT molecular complexity index is 656. The number of hydrogen-bond donors (Lipinski definition) is 1. The van der Waals surface area contributed by atoms with Crippen LogP contribution in [-0.2, 0) is 6.42 Å². The molecule has 0 atom stereocenters. The van der Waals surface area contributed by atoms with Crippen molar-refractivity contribution in [2.24, 2.45) is 0 Å². The maximum atomic E-state index is 12.3. The number of halogens is 2. The van der Waals surface area contributed by atoms with Crippen LogP contribution in [0, 0.1) is 0 Å². The second-order valence-corrected chi connectivity index (χ2v) is 5.02. The summed E-state index contributed by atoms with van der Waals surface area (Å²) in [6, 6.07) is 10.3. The summed E-state index contributed by atoms with van der Waals surface area (Å²) in [5.74, 6) is 0.346. The smallest absolute Gasteiger partial charge is 0.169 e. The number of methoxy groups -OCH3 is 1. The number of Topliss-reactive ketones (excluding diaryl/α,β-unsaturated/α-hetero) is 1. The zero-order chi connectivity index (χ0) is 14.7. The summed E-state index contributed by atoms with van der Waals surface area (Å²) < 4.78 is 5.10. The van der Waals surface area contributed by atoms with E-state index in [1.807, 2.05) is 0 Å². The van der Waals surface area contributed by atoms with Crippen LogP contribution in [0.4, 0.5) is 5.69 Å². The molecule has 0 heterocycles. The lowest BCUT2D eigenvalue weighted by atomic mass is 10.0. The van der Waals surface area contributed by atoms with Gasteiger partial charge in [0.15, 0.2) is 5.78 Å². The fourth-order valence-corrected chi connectivity index (χ4v) is 2.31. The second kappa shape index (κ2) is 6.16. The van der Waals surface area contributed by atoms with Crippen LogP contribution in [-0.4, -0.2) is 12.9 Å². The van der Waals surface area contributed by atoms with Gasteiger partial charge in [0.1, 0.15) is 5.75 Å². The third-order valence-electron chi connectivity index (χ3n) is 2.97. The highest BCUT2D eigenvalue weighted by atomic mass is 35.5. The summed E-state index contributed by atoms with van der Waals surface area (Å²) in [4.78, 5) is 12.3. The molecule has 0 bridgehead atoms. The summed E-state index contributed by atoms with van der Waals surface area (Å²) in [6.07, 6.45) is 0.136. The van der Waals surface area contributed by atoms with E-state index in [0.29, 0.717) is 32.6 Å². The van der Waals surface area contributed by atoms with Gasteiger partial charge in [0.25, 0.3) is 0 Å². The van der Waals surface area contributed by atoms with Crippen LogP contribution >= 0.6 is 23.2 Å². The molecule has 0 spiro atoms. The van der Waals surface area contributed by atoms with Crippen molar-refractivity contribution in [3.63, 3.8) is 0 Å². The fourth-order valence-electron chi connectivity index (χ4n) is 1.92. The lowest BCUT2D eigenvalue weighted by molar-refractivity contribution is 0.0993. The number of ketones is 1. The van der Waals surface area contributed by atoms with Crippen LogP contribution in [0.2, 0.25) is 10.0 Å². The van der Waals surface area contributed by atoms with Gasteiger partial charge >= 0.3 is 0 Å². The van der Waals surface area contributed by atoms with Gasteiger partial charge in [-0.1, -0.05) is 41.4 Å². The number of carbonyl (C=O) groups excluding carboxylic acids is 1. The normalized spacial score (nSPS) is 10.3. The first-order chi connectivity index (χ1) is 9.54. The Labute approximate surface area is 127 Å². The number of para-hydroxylation sites is 1. The van der Waals surface area contributed by atoms with Crippen LogP contribution in [0.1, 0.15) is 15.9 Å². The summed E-state index contributed by atoms with van der Waals surface area (Å²) in [5.41, 5.74) is 7.33. The average molecular weight is 310 g/mol. The minimum atomic E-state index is -0.134. The van der Waals surface area contributed by atoms with E-state index in [0.717, 1.165) is 0 Å². The number of nitrogen functional groups attached to an aromatic ring is 1. The molecule has 0 amide bonds. The molecule has 0 fully saturated rings. The molecule has 0 radical (unpaired) electrons. The van der Waals surface area contributed by atoms with Gasteiger partial charge < -0.3 is 10.5 Å². The van der Waals surface area contributed by atoms with Crippen LogP contribution in [0.5, 0.6) is 5.75 Å². The van der Waals surface area contributed by atoms with E-state index in [4.69, 9.17) is 33.7 Å². The molecule has 0 saturated heterocycles.